The first-order valence-corrected chi connectivity index (χ1v) is 7.06. The molecule has 3 unspecified atom stereocenters. The first-order valence-electron chi connectivity index (χ1n) is 5.67. The molecule has 0 aliphatic heterocycles. The molecule has 0 heterocycles. The molecule has 0 fully saturated rings. The third-order valence-electron chi connectivity index (χ3n) is 3.36. The third kappa shape index (κ3) is 4.72. The predicted octanol–water partition coefficient (Wildman–Crippen LogP) is 1.07. The van der Waals surface area contributed by atoms with Gasteiger partial charge in [0.1, 0.15) is 0 Å². The second kappa shape index (κ2) is 7.92. The van der Waals surface area contributed by atoms with Crippen LogP contribution in [0.4, 0.5) is 0 Å². The van der Waals surface area contributed by atoms with Crippen LogP contribution < -0.4 is 11.3 Å². The molecule has 0 spiro atoms. The van der Waals surface area contributed by atoms with Gasteiger partial charge in [-0.1, -0.05) is 6.92 Å². The van der Waals surface area contributed by atoms with Gasteiger partial charge in [-0.2, -0.15) is 11.8 Å². The second-order valence-electron chi connectivity index (χ2n) is 4.33. The van der Waals surface area contributed by atoms with Crippen molar-refractivity contribution in [3.63, 3.8) is 0 Å². The van der Waals surface area contributed by atoms with E-state index in [1.165, 1.54) is 0 Å². The minimum atomic E-state index is -0.101. The molecule has 16 heavy (non-hydrogen) atoms. The summed E-state index contributed by atoms with van der Waals surface area (Å²) in [6, 6.07) is 0.677. The van der Waals surface area contributed by atoms with E-state index in [-0.39, 0.29) is 17.9 Å². The Hall–Kier alpha value is -0.260. The molecule has 0 aromatic heterocycles. The molecule has 0 aliphatic rings. The van der Waals surface area contributed by atoms with Gasteiger partial charge in [0.25, 0.3) is 0 Å². The van der Waals surface area contributed by atoms with E-state index in [4.69, 9.17) is 5.84 Å². The van der Waals surface area contributed by atoms with Gasteiger partial charge in [-0.25, -0.2) is 5.84 Å². The number of carbonyl (C=O) groups is 1. The zero-order valence-electron chi connectivity index (χ0n) is 11.0. The summed E-state index contributed by atoms with van der Waals surface area (Å²) in [5.74, 6) is 6.10. The van der Waals surface area contributed by atoms with Crippen molar-refractivity contribution in [3.8, 4) is 0 Å². The highest BCUT2D eigenvalue weighted by Gasteiger charge is 2.25. The first-order chi connectivity index (χ1) is 7.45. The number of carbonyl (C=O) groups excluding carboxylic acids is 1. The summed E-state index contributed by atoms with van der Waals surface area (Å²) in [4.78, 5) is 13.7. The van der Waals surface area contributed by atoms with Crippen LogP contribution in [0.5, 0.6) is 0 Å². The normalized spacial score (nSPS) is 16.9. The maximum atomic E-state index is 11.4. The van der Waals surface area contributed by atoms with Crippen molar-refractivity contribution in [2.75, 3.05) is 19.1 Å². The average molecular weight is 247 g/mol. The van der Waals surface area contributed by atoms with Crippen molar-refractivity contribution < 1.29 is 4.79 Å². The van der Waals surface area contributed by atoms with Gasteiger partial charge in [0.15, 0.2) is 0 Å². The highest BCUT2D eigenvalue weighted by molar-refractivity contribution is 7.98. The fourth-order valence-electron chi connectivity index (χ4n) is 1.60. The van der Waals surface area contributed by atoms with Gasteiger partial charge in [0.2, 0.25) is 5.91 Å². The number of rotatable bonds is 7. The lowest BCUT2D eigenvalue weighted by atomic mass is 10.00. The van der Waals surface area contributed by atoms with Gasteiger partial charge in [-0.3, -0.25) is 10.2 Å². The number of hydrazine groups is 1. The monoisotopic (exact) mass is 247 g/mol. The van der Waals surface area contributed by atoms with Crippen molar-refractivity contribution in [2.24, 2.45) is 11.8 Å². The van der Waals surface area contributed by atoms with Crippen LogP contribution in [0.2, 0.25) is 0 Å². The zero-order valence-corrected chi connectivity index (χ0v) is 11.8. The van der Waals surface area contributed by atoms with E-state index in [0.717, 1.165) is 12.2 Å². The van der Waals surface area contributed by atoms with Crippen molar-refractivity contribution >= 4 is 17.7 Å². The number of nitrogens with zero attached hydrogens (tertiary/aromatic N) is 1. The number of nitrogens with one attached hydrogen (secondary N) is 1. The maximum Gasteiger partial charge on any atom is 0.238 e. The predicted molar refractivity (Wildman–Crippen MR) is 71.2 cm³/mol. The molecule has 0 radical (unpaired) electrons. The molecule has 0 aliphatic carbocycles. The Kier molecular flexibility index (Phi) is 7.80. The van der Waals surface area contributed by atoms with Crippen molar-refractivity contribution in [1.29, 1.82) is 0 Å². The Bertz CT molecular complexity index is 213. The molecule has 5 heteroatoms. The Balaban J connectivity index is 4.24. The van der Waals surface area contributed by atoms with E-state index in [0.29, 0.717) is 6.04 Å². The minimum Gasteiger partial charge on any atom is -0.300 e. The summed E-state index contributed by atoms with van der Waals surface area (Å²) < 4.78 is 0. The lowest BCUT2D eigenvalue weighted by Crippen LogP contribution is -2.47. The zero-order chi connectivity index (χ0) is 12.7. The molecular weight excluding hydrogens is 222 g/mol. The summed E-state index contributed by atoms with van der Waals surface area (Å²) in [6.07, 6.45) is 3.25. The van der Waals surface area contributed by atoms with E-state index in [1.807, 2.05) is 18.7 Å². The smallest absolute Gasteiger partial charge is 0.238 e. The van der Waals surface area contributed by atoms with E-state index in [2.05, 4.69) is 37.5 Å². The molecule has 1 amide bonds. The Morgan fingerprint density at radius 3 is 2.44 bits per heavy atom. The summed E-state index contributed by atoms with van der Waals surface area (Å²) in [6.45, 7) is 6.17. The van der Waals surface area contributed by atoms with Crippen LogP contribution in [0.25, 0.3) is 0 Å². The van der Waals surface area contributed by atoms with Gasteiger partial charge >= 0.3 is 0 Å². The fourth-order valence-corrected chi connectivity index (χ4v) is 2.17. The van der Waals surface area contributed by atoms with Gasteiger partial charge < -0.3 is 4.90 Å². The van der Waals surface area contributed by atoms with Crippen LogP contribution in [0.1, 0.15) is 27.2 Å². The van der Waals surface area contributed by atoms with Crippen LogP contribution in [0.3, 0.4) is 0 Å². The van der Waals surface area contributed by atoms with Gasteiger partial charge in [0.05, 0.1) is 5.92 Å². The number of hydrogen-bond acceptors (Lipinski definition) is 4. The van der Waals surface area contributed by atoms with Crippen LogP contribution in [-0.2, 0) is 4.79 Å². The molecule has 0 aromatic rings. The number of hydrogen-bond donors (Lipinski definition) is 2. The van der Waals surface area contributed by atoms with E-state index >= 15 is 0 Å². The summed E-state index contributed by atoms with van der Waals surface area (Å²) in [5.41, 5.74) is 2.21. The SMILES string of the molecule is CSCCC(C)N(C)C(C)C(C)C(=O)NN. The molecule has 3 N–H and O–H groups in total. The van der Waals surface area contributed by atoms with Crippen LogP contribution in [0, 0.1) is 5.92 Å². The van der Waals surface area contributed by atoms with Crippen molar-refractivity contribution in [2.45, 2.75) is 39.3 Å². The standard InChI is InChI=1S/C11H25N3OS/c1-8(6-7-16-5)14(4)10(3)9(2)11(15)13-12/h8-10H,6-7,12H2,1-5H3,(H,13,15). The van der Waals surface area contributed by atoms with Crippen molar-refractivity contribution in [3.05, 3.63) is 0 Å². The molecule has 0 aromatic carbocycles. The molecule has 96 valence electrons. The minimum absolute atomic E-state index is 0.0910. The van der Waals surface area contributed by atoms with E-state index in [9.17, 15) is 4.79 Å². The molecular formula is C11H25N3OS. The number of amides is 1. The summed E-state index contributed by atoms with van der Waals surface area (Å²) >= 11 is 1.85. The van der Waals surface area contributed by atoms with E-state index < -0.39 is 0 Å². The largest absolute Gasteiger partial charge is 0.300 e. The lowest BCUT2D eigenvalue weighted by molar-refractivity contribution is -0.126. The first kappa shape index (κ1) is 15.7. The van der Waals surface area contributed by atoms with Gasteiger partial charge in [-0.15, -0.1) is 0 Å². The highest BCUT2D eigenvalue weighted by atomic mass is 32.2. The molecule has 0 saturated carbocycles. The third-order valence-corrected chi connectivity index (χ3v) is 4.00. The quantitative estimate of drug-likeness (QED) is 0.401. The second-order valence-corrected chi connectivity index (χ2v) is 5.32. The average Bonchev–Trinajstić information content (AvgIpc) is 2.31. The Morgan fingerprint density at radius 2 is 2.00 bits per heavy atom. The molecule has 0 saturated heterocycles. The lowest BCUT2D eigenvalue weighted by Gasteiger charge is -2.33. The van der Waals surface area contributed by atoms with E-state index in [1.54, 1.807) is 0 Å². The molecule has 3 atom stereocenters. The fraction of sp³-hybridized carbons (Fsp3) is 0.909. The topological polar surface area (TPSA) is 58.4 Å². The summed E-state index contributed by atoms with van der Waals surface area (Å²) in [5, 5.41) is 0. The molecule has 0 rings (SSSR count). The maximum absolute atomic E-state index is 11.4. The van der Waals surface area contributed by atoms with Gasteiger partial charge in [-0.05, 0) is 39.3 Å². The highest BCUT2D eigenvalue weighted by Crippen LogP contribution is 2.15. The van der Waals surface area contributed by atoms with Gasteiger partial charge in [0, 0.05) is 12.1 Å². The van der Waals surface area contributed by atoms with Crippen LogP contribution in [0.15, 0.2) is 0 Å². The number of thioether (sulfide) groups is 1. The molecule has 4 nitrogen and oxygen atoms in total. The Labute approximate surface area is 103 Å². The van der Waals surface area contributed by atoms with Crippen molar-refractivity contribution in [1.82, 2.24) is 10.3 Å². The van der Waals surface area contributed by atoms with Crippen LogP contribution >= 0.6 is 11.8 Å². The summed E-state index contributed by atoms with van der Waals surface area (Å²) in [7, 11) is 2.07. The number of nitrogens with two attached hydrogens (primary N) is 1. The Morgan fingerprint density at radius 1 is 1.44 bits per heavy atom. The van der Waals surface area contributed by atoms with Crippen LogP contribution in [-0.4, -0.2) is 41.9 Å². The molecule has 0 bridgehead atoms.